The van der Waals surface area contributed by atoms with E-state index >= 15 is 0 Å². The van der Waals surface area contributed by atoms with Gasteiger partial charge in [0.25, 0.3) is 0 Å². The molecule has 6 heteroatoms. The molecule has 6 nitrogen and oxygen atoms in total. The van der Waals surface area contributed by atoms with Crippen LogP contribution < -0.4 is 11.1 Å². The highest BCUT2D eigenvalue weighted by Crippen LogP contribution is 2.11. The van der Waals surface area contributed by atoms with E-state index in [1.165, 1.54) is 0 Å². The second-order valence-corrected chi connectivity index (χ2v) is 4.92. The number of hydrogen-bond donors (Lipinski definition) is 2. The number of piperidine rings is 1. The molecule has 0 unspecified atom stereocenters. The zero-order valence-corrected chi connectivity index (χ0v) is 12.0. The summed E-state index contributed by atoms with van der Waals surface area (Å²) in [6.45, 7) is 7.64. The molecule has 1 aliphatic heterocycles. The van der Waals surface area contributed by atoms with E-state index in [9.17, 15) is 9.59 Å². The van der Waals surface area contributed by atoms with Gasteiger partial charge < -0.3 is 16.0 Å². The summed E-state index contributed by atoms with van der Waals surface area (Å²) in [4.78, 5) is 27.1. The van der Waals surface area contributed by atoms with Crippen LogP contribution >= 0.6 is 0 Å². The van der Waals surface area contributed by atoms with Gasteiger partial charge in [0, 0.05) is 19.1 Å². The smallest absolute Gasteiger partial charge is 0.236 e. The highest BCUT2D eigenvalue weighted by molar-refractivity contribution is 5.80. The van der Waals surface area contributed by atoms with Gasteiger partial charge in [-0.25, -0.2) is 0 Å². The molecule has 0 aliphatic carbocycles. The molecular weight excluding hydrogens is 244 g/mol. The molecule has 0 spiro atoms. The van der Waals surface area contributed by atoms with Crippen molar-refractivity contribution in [1.82, 2.24) is 15.1 Å². The maximum atomic E-state index is 12.2. The van der Waals surface area contributed by atoms with E-state index in [1.54, 1.807) is 4.90 Å². The summed E-state index contributed by atoms with van der Waals surface area (Å²) < 4.78 is 0. The molecule has 3 N–H and O–H groups in total. The van der Waals surface area contributed by atoms with Gasteiger partial charge in [0.05, 0.1) is 13.1 Å². The van der Waals surface area contributed by atoms with Gasteiger partial charge in [-0.15, -0.1) is 0 Å². The van der Waals surface area contributed by atoms with Gasteiger partial charge in [0.1, 0.15) is 0 Å². The molecule has 1 heterocycles. The summed E-state index contributed by atoms with van der Waals surface area (Å²) in [5.41, 5.74) is 5.30. The molecule has 1 aliphatic rings. The van der Waals surface area contributed by atoms with Crippen molar-refractivity contribution in [3.8, 4) is 0 Å². The van der Waals surface area contributed by atoms with Crippen LogP contribution in [0.2, 0.25) is 0 Å². The fourth-order valence-corrected chi connectivity index (χ4v) is 2.54. The van der Waals surface area contributed by atoms with Crippen molar-refractivity contribution in [3.63, 3.8) is 0 Å². The summed E-state index contributed by atoms with van der Waals surface area (Å²) in [6.07, 6.45) is 1.91. The molecule has 2 amide bonds. The molecule has 0 atom stereocenters. The average Bonchev–Trinajstić information content (AvgIpc) is 2.40. The molecule has 0 aromatic carbocycles. The minimum atomic E-state index is -0.370. The molecule has 1 rings (SSSR count). The molecule has 0 bridgehead atoms. The Morgan fingerprint density at radius 2 is 1.74 bits per heavy atom. The van der Waals surface area contributed by atoms with Crippen LogP contribution in [-0.2, 0) is 9.59 Å². The number of carbonyl (C=O) groups excluding carboxylic acids is 2. The zero-order chi connectivity index (χ0) is 14.3. The summed E-state index contributed by atoms with van der Waals surface area (Å²) in [5, 5.41) is 3.28. The van der Waals surface area contributed by atoms with E-state index in [0.29, 0.717) is 13.1 Å². The van der Waals surface area contributed by atoms with Crippen LogP contribution in [0.1, 0.15) is 26.7 Å². The maximum absolute atomic E-state index is 12.2. The van der Waals surface area contributed by atoms with E-state index < -0.39 is 0 Å². The number of nitrogens with zero attached hydrogens (tertiary/aromatic N) is 2. The fourth-order valence-electron chi connectivity index (χ4n) is 2.54. The number of amides is 2. The van der Waals surface area contributed by atoms with Crippen molar-refractivity contribution in [1.29, 1.82) is 0 Å². The van der Waals surface area contributed by atoms with Crippen molar-refractivity contribution >= 4 is 11.8 Å². The first-order chi connectivity index (χ1) is 9.08. The quantitative estimate of drug-likeness (QED) is 0.647. The summed E-state index contributed by atoms with van der Waals surface area (Å²) in [5.74, 6) is -0.296. The topological polar surface area (TPSA) is 78.7 Å². The van der Waals surface area contributed by atoms with Gasteiger partial charge in [-0.3, -0.25) is 14.5 Å². The van der Waals surface area contributed by atoms with Gasteiger partial charge in [-0.2, -0.15) is 0 Å². The Labute approximate surface area is 115 Å². The third kappa shape index (κ3) is 5.16. The normalized spacial score (nSPS) is 16.6. The van der Waals surface area contributed by atoms with Gasteiger partial charge in [-0.1, -0.05) is 0 Å². The molecule has 1 fully saturated rings. The van der Waals surface area contributed by atoms with Crippen molar-refractivity contribution in [3.05, 3.63) is 0 Å². The van der Waals surface area contributed by atoms with E-state index in [2.05, 4.69) is 5.32 Å². The second-order valence-electron chi connectivity index (χ2n) is 4.92. The Hall–Kier alpha value is -1.14. The summed E-state index contributed by atoms with van der Waals surface area (Å²) >= 11 is 0. The molecule has 0 radical (unpaired) electrons. The van der Waals surface area contributed by atoms with Crippen molar-refractivity contribution in [2.45, 2.75) is 32.7 Å². The van der Waals surface area contributed by atoms with E-state index in [0.717, 1.165) is 25.9 Å². The van der Waals surface area contributed by atoms with Crippen LogP contribution in [0.4, 0.5) is 0 Å². The Bertz CT molecular complexity index is 299. The Kier molecular flexibility index (Phi) is 6.80. The van der Waals surface area contributed by atoms with Crippen LogP contribution in [-0.4, -0.2) is 66.9 Å². The van der Waals surface area contributed by atoms with Crippen LogP contribution in [0.3, 0.4) is 0 Å². The first-order valence-corrected chi connectivity index (χ1v) is 7.09. The fraction of sp³-hybridized carbons (Fsp3) is 0.846. The minimum Gasteiger partial charge on any atom is -0.369 e. The SMILES string of the molecule is CCN(CC)C(=O)CN(CC(N)=O)C1CCNCC1. The van der Waals surface area contributed by atoms with Gasteiger partial charge in [0.2, 0.25) is 11.8 Å². The van der Waals surface area contributed by atoms with Crippen LogP contribution in [0, 0.1) is 0 Å². The Morgan fingerprint density at radius 1 is 1.16 bits per heavy atom. The van der Waals surface area contributed by atoms with Crippen molar-refractivity contribution in [2.24, 2.45) is 5.73 Å². The van der Waals surface area contributed by atoms with E-state index in [-0.39, 0.29) is 30.9 Å². The standard InChI is InChI=1S/C13H26N4O2/c1-3-16(4-2)13(19)10-17(9-12(14)18)11-5-7-15-8-6-11/h11,15H,3-10H2,1-2H3,(H2,14,18). The average molecular weight is 270 g/mol. The molecule has 0 aromatic heterocycles. The van der Waals surface area contributed by atoms with Crippen molar-refractivity contribution < 1.29 is 9.59 Å². The summed E-state index contributed by atoms with van der Waals surface area (Å²) in [6, 6.07) is 0.272. The minimum absolute atomic E-state index is 0.0739. The first-order valence-electron chi connectivity index (χ1n) is 7.09. The van der Waals surface area contributed by atoms with E-state index in [1.807, 2.05) is 18.7 Å². The number of nitrogens with two attached hydrogens (primary N) is 1. The lowest BCUT2D eigenvalue weighted by Gasteiger charge is -2.34. The number of hydrogen-bond acceptors (Lipinski definition) is 4. The molecule has 110 valence electrons. The molecule has 0 aromatic rings. The number of carbonyl (C=O) groups is 2. The highest BCUT2D eigenvalue weighted by Gasteiger charge is 2.25. The first kappa shape index (κ1) is 15.9. The maximum Gasteiger partial charge on any atom is 0.236 e. The third-order valence-electron chi connectivity index (χ3n) is 3.64. The summed E-state index contributed by atoms with van der Waals surface area (Å²) in [7, 11) is 0. The zero-order valence-electron chi connectivity index (χ0n) is 12.0. The lowest BCUT2D eigenvalue weighted by molar-refractivity contribution is -0.133. The number of nitrogens with one attached hydrogen (secondary N) is 1. The van der Waals surface area contributed by atoms with Gasteiger partial charge in [0.15, 0.2) is 0 Å². The van der Waals surface area contributed by atoms with Crippen LogP contribution in [0.25, 0.3) is 0 Å². The number of primary amides is 1. The highest BCUT2D eigenvalue weighted by atomic mass is 16.2. The molecule has 0 saturated carbocycles. The van der Waals surface area contributed by atoms with Crippen molar-refractivity contribution in [2.75, 3.05) is 39.3 Å². The Balaban J connectivity index is 2.62. The monoisotopic (exact) mass is 270 g/mol. The van der Waals surface area contributed by atoms with Crippen LogP contribution in [0.15, 0.2) is 0 Å². The predicted octanol–water partition coefficient (Wildman–Crippen LogP) is -0.606. The lowest BCUT2D eigenvalue weighted by Crippen LogP contribution is -2.50. The third-order valence-corrected chi connectivity index (χ3v) is 3.64. The van der Waals surface area contributed by atoms with Gasteiger partial charge in [-0.05, 0) is 39.8 Å². The van der Waals surface area contributed by atoms with E-state index in [4.69, 9.17) is 5.73 Å². The Morgan fingerprint density at radius 3 is 2.21 bits per heavy atom. The number of rotatable bonds is 7. The lowest BCUT2D eigenvalue weighted by atomic mass is 10.0. The number of likely N-dealkylation sites (N-methyl/N-ethyl adjacent to an activating group) is 1. The molecule has 1 saturated heterocycles. The molecule has 19 heavy (non-hydrogen) atoms. The molecular formula is C13H26N4O2. The largest absolute Gasteiger partial charge is 0.369 e. The predicted molar refractivity (Wildman–Crippen MR) is 74.6 cm³/mol. The van der Waals surface area contributed by atoms with Gasteiger partial charge >= 0.3 is 0 Å². The van der Waals surface area contributed by atoms with Crippen LogP contribution in [0.5, 0.6) is 0 Å². The second kappa shape index (κ2) is 8.12.